The lowest BCUT2D eigenvalue weighted by molar-refractivity contribution is -0.133. The van der Waals surface area contributed by atoms with Gasteiger partial charge in [0, 0.05) is 31.9 Å². The molecule has 21 heavy (non-hydrogen) atoms. The van der Waals surface area contributed by atoms with Crippen molar-refractivity contribution in [3.63, 3.8) is 0 Å². The van der Waals surface area contributed by atoms with Gasteiger partial charge in [-0.2, -0.15) is 5.26 Å². The number of carbonyl (C=O) groups excluding carboxylic acids is 1. The SMILES string of the molecule is N#CCCN(Cc1cccnc1)C(=O)CC1CCNCC1. The molecule has 112 valence electrons. The molecule has 1 aromatic rings. The van der Waals surface area contributed by atoms with Crippen molar-refractivity contribution in [2.24, 2.45) is 5.92 Å². The lowest BCUT2D eigenvalue weighted by Crippen LogP contribution is -2.35. The molecule has 0 atom stereocenters. The smallest absolute Gasteiger partial charge is 0.223 e. The molecule has 1 fully saturated rings. The highest BCUT2D eigenvalue weighted by atomic mass is 16.2. The first-order chi connectivity index (χ1) is 10.3. The van der Waals surface area contributed by atoms with E-state index in [1.165, 1.54) is 0 Å². The summed E-state index contributed by atoms with van der Waals surface area (Å²) in [6, 6.07) is 5.96. The second kappa shape index (κ2) is 8.38. The number of amides is 1. The summed E-state index contributed by atoms with van der Waals surface area (Å²) in [7, 11) is 0. The molecule has 5 nitrogen and oxygen atoms in total. The van der Waals surface area contributed by atoms with E-state index in [4.69, 9.17) is 5.26 Å². The second-order valence-electron chi connectivity index (χ2n) is 5.48. The van der Waals surface area contributed by atoms with E-state index >= 15 is 0 Å². The fourth-order valence-electron chi connectivity index (χ4n) is 2.65. The van der Waals surface area contributed by atoms with Crippen LogP contribution in [0.2, 0.25) is 0 Å². The fraction of sp³-hybridized carbons (Fsp3) is 0.562. The molecule has 1 aliphatic heterocycles. The van der Waals surface area contributed by atoms with Gasteiger partial charge in [0.2, 0.25) is 5.91 Å². The summed E-state index contributed by atoms with van der Waals surface area (Å²) < 4.78 is 0. The van der Waals surface area contributed by atoms with E-state index in [1.54, 1.807) is 17.3 Å². The molecule has 2 rings (SSSR count). The third-order valence-corrected chi connectivity index (χ3v) is 3.86. The van der Waals surface area contributed by atoms with Crippen LogP contribution in [0.1, 0.15) is 31.2 Å². The summed E-state index contributed by atoms with van der Waals surface area (Å²) in [4.78, 5) is 18.4. The predicted molar refractivity (Wildman–Crippen MR) is 80.1 cm³/mol. The Labute approximate surface area is 126 Å². The molecule has 0 unspecified atom stereocenters. The summed E-state index contributed by atoms with van der Waals surface area (Å²) in [5.41, 5.74) is 1.01. The standard InChI is InChI=1S/C16H22N4O/c17-6-2-10-20(13-15-3-1-7-19-12-15)16(21)11-14-4-8-18-9-5-14/h1,3,7,12,14,18H,2,4-5,8-11,13H2. The van der Waals surface area contributed by atoms with Gasteiger partial charge in [0.05, 0.1) is 12.5 Å². The van der Waals surface area contributed by atoms with E-state index < -0.39 is 0 Å². The Morgan fingerprint density at radius 1 is 1.48 bits per heavy atom. The van der Waals surface area contributed by atoms with Crippen LogP contribution in [0, 0.1) is 17.2 Å². The van der Waals surface area contributed by atoms with Crippen molar-refractivity contribution in [3.05, 3.63) is 30.1 Å². The minimum absolute atomic E-state index is 0.154. The van der Waals surface area contributed by atoms with Gasteiger partial charge in [-0.15, -0.1) is 0 Å². The minimum Gasteiger partial charge on any atom is -0.337 e. The van der Waals surface area contributed by atoms with Crippen molar-refractivity contribution in [3.8, 4) is 6.07 Å². The maximum atomic E-state index is 12.5. The Morgan fingerprint density at radius 3 is 2.95 bits per heavy atom. The molecule has 1 aromatic heterocycles. The van der Waals surface area contributed by atoms with Crippen molar-refractivity contribution in [1.29, 1.82) is 5.26 Å². The molecule has 0 spiro atoms. The molecule has 1 N–H and O–H groups in total. The molecule has 2 heterocycles. The highest BCUT2D eigenvalue weighted by molar-refractivity contribution is 5.76. The van der Waals surface area contributed by atoms with E-state index in [0.29, 0.717) is 31.8 Å². The maximum Gasteiger partial charge on any atom is 0.223 e. The Kier molecular flexibility index (Phi) is 6.17. The van der Waals surface area contributed by atoms with E-state index in [1.807, 2.05) is 12.1 Å². The van der Waals surface area contributed by atoms with Gasteiger partial charge in [-0.1, -0.05) is 6.07 Å². The molecule has 1 amide bonds. The average molecular weight is 286 g/mol. The summed E-state index contributed by atoms with van der Waals surface area (Å²) in [5, 5.41) is 12.1. The van der Waals surface area contributed by atoms with Gasteiger partial charge in [0.1, 0.15) is 0 Å². The van der Waals surface area contributed by atoms with Gasteiger partial charge in [-0.25, -0.2) is 0 Å². The predicted octanol–water partition coefficient (Wildman–Crippen LogP) is 1.71. The third-order valence-electron chi connectivity index (χ3n) is 3.86. The maximum absolute atomic E-state index is 12.5. The zero-order valence-electron chi connectivity index (χ0n) is 12.3. The summed E-state index contributed by atoms with van der Waals surface area (Å²) in [5.74, 6) is 0.623. The fourth-order valence-corrected chi connectivity index (χ4v) is 2.65. The highest BCUT2D eigenvalue weighted by Gasteiger charge is 2.21. The molecule has 0 saturated carbocycles. The van der Waals surface area contributed by atoms with Crippen LogP contribution in [-0.2, 0) is 11.3 Å². The topological polar surface area (TPSA) is 69.0 Å². The Hall–Kier alpha value is -1.93. The number of nitrogens with one attached hydrogen (secondary N) is 1. The number of nitriles is 1. The monoisotopic (exact) mass is 286 g/mol. The first kappa shape index (κ1) is 15.5. The molecular weight excluding hydrogens is 264 g/mol. The van der Waals surface area contributed by atoms with Crippen molar-refractivity contribution in [2.45, 2.75) is 32.2 Å². The number of piperidine rings is 1. The Balaban J connectivity index is 1.94. The first-order valence-corrected chi connectivity index (χ1v) is 7.54. The molecule has 0 aliphatic carbocycles. The van der Waals surface area contributed by atoms with Crippen molar-refractivity contribution in [1.82, 2.24) is 15.2 Å². The first-order valence-electron chi connectivity index (χ1n) is 7.54. The molecule has 0 bridgehead atoms. The molecule has 0 aromatic carbocycles. The van der Waals surface area contributed by atoms with Crippen LogP contribution >= 0.6 is 0 Å². The third kappa shape index (κ3) is 5.16. The van der Waals surface area contributed by atoms with Crippen LogP contribution in [0.4, 0.5) is 0 Å². The molecule has 1 aliphatic rings. The number of aromatic nitrogens is 1. The summed E-state index contributed by atoms with van der Waals surface area (Å²) in [6.07, 6.45) is 6.58. The van der Waals surface area contributed by atoms with Crippen molar-refractivity contribution < 1.29 is 4.79 Å². The zero-order chi connectivity index (χ0) is 14.9. The lowest BCUT2D eigenvalue weighted by atomic mass is 9.94. The van der Waals surface area contributed by atoms with Gasteiger partial charge < -0.3 is 10.2 Å². The number of nitrogens with zero attached hydrogens (tertiary/aromatic N) is 3. The van der Waals surface area contributed by atoms with Gasteiger partial charge in [0.25, 0.3) is 0 Å². The van der Waals surface area contributed by atoms with Crippen LogP contribution in [0.5, 0.6) is 0 Å². The zero-order valence-corrected chi connectivity index (χ0v) is 12.3. The quantitative estimate of drug-likeness (QED) is 0.864. The van der Waals surface area contributed by atoms with Crippen molar-refractivity contribution >= 4 is 5.91 Å². The number of rotatable bonds is 6. The molecule has 0 radical (unpaired) electrons. The summed E-state index contributed by atoms with van der Waals surface area (Å²) >= 11 is 0. The van der Waals surface area contributed by atoms with E-state index in [9.17, 15) is 4.79 Å². The van der Waals surface area contributed by atoms with E-state index in [0.717, 1.165) is 31.5 Å². The number of carbonyl (C=O) groups is 1. The van der Waals surface area contributed by atoms with Crippen LogP contribution in [0.25, 0.3) is 0 Å². The van der Waals surface area contributed by atoms with E-state index in [-0.39, 0.29) is 5.91 Å². The minimum atomic E-state index is 0.154. The highest BCUT2D eigenvalue weighted by Crippen LogP contribution is 2.18. The molecule has 5 heteroatoms. The van der Waals surface area contributed by atoms with Crippen LogP contribution < -0.4 is 5.32 Å². The van der Waals surface area contributed by atoms with Crippen LogP contribution in [-0.4, -0.2) is 35.4 Å². The lowest BCUT2D eigenvalue weighted by Gasteiger charge is -2.27. The van der Waals surface area contributed by atoms with Crippen molar-refractivity contribution in [2.75, 3.05) is 19.6 Å². The van der Waals surface area contributed by atoms with Crippen LogP contribution in [0.15, 0.2) is 24.5 Å². The largest absolute Gasteiger partial charge is 0.337 e. The average Bonchev–Trinajstić information content (AvgIpc) is 2.53. The normalized spacial score (nSPS) is 15.4. The van der Waals surface area contributed by atoms with E-state index in [2.05, 4.69) is 16.4 Å². The van der Waals surface area contributed by atoms with Gasteiger partial charge in [0.15, 0.2) is 0 Å². The molecular formula is C16H22N4O. The van der Waals surface area contributed by atoms with Gasteiger partial charge in [-0.3, -0.25) is 9.78 Å². The van der Waals surface area contributed by atoms with Gasteiger partial charge in [-0.05, 0) is 43.5 Å². The Morgan fingerprint density at radius 2 is 2.29 bits per heavy atom. The number of hydrogen-bond donors (Lipinski definition) is 1. The second-order valence-corrected chi connectivity index (χ2v) is 5.48. The number of pyridine rings is 1. The number of hydrogen-bond acceptors (Lipinski definition) is 4. The van der Waals surface area contributed by atoms with Crippen LogP contribution in [0.3, 0.4) is 0 Å². The Bertz CT molecular complexity index is 477. The van der Waals surface area contributed by atoms with Gasteiger partial charge >= 0.3 is 0 Å². The summed E-state index contributed by atoms with van der Waals surface area (Å²) in [6.45, 7) is 3.03. The molecule has 1 saturated heterocycles.